The Bertz CT molecular complexity index is 1100. The molecule has 0 saturated heterocycles. The van der Waals surface area contributed by atoms with Crippen molar-refractivity contribution < 1.29 is 19.2 Å². The first-order chi connectivity index (χ1) is 13.9. The van der Waals surface area contributed by atoms with Crippen LogP contribution >= 0.6 is 0 Å². The summed E-state index contributed by atoms with van der Waals surface area (Å²) in [7, 11) is 1.54. The molecule has 0 aliphatic rings. The van der Waals surface area contributed by atoms with Crippen molar-refractivity contribution in [3.05, 3.63) is 76.3 Å². The molecule has 0 unspecified atom stereocenters. The lowest BCUT2D eigenvalue weighted by molar-refractivity contribution is -0.384. The van der Waals surface area contributed by atoms with Crippen LogP contribution in [0.4, 0.5) is 17.1 Å². The fourth-order valence-electron chi connectivity index (χ4n) is 2.81. The van der Waals surface area contributed by atoms with Crippen molar-refractivity contribution >= 4 is 39.7 Å². The molecule has 8 nitrogen and oxygen atoms in total. The van der Waals surface area contributed by atoms with Crippen LogP contribution < -0.4 is 10.6 Å². The summed E-state index contributed by atoms with van der Waals surface area (Å²) in [6, 6.07) is 17.1. The van der Waals surface area contributed by atoms with Crippen LogP contribution in [0.2, 0.25) is 0 Å². The maximum absolute atomic E-state index is 12.4. The SMILES string of the molecule is CNc1ccc(C(=O)O[C@H](C)C(=O)Nc2ccc3ccccc3c2)cc1[N+](=O)[O-]. The van der Waals surface area contributed by atoms with E-state index < -0.39 is 22.9 Å². The first kappa shape index (κ1) is 19.8. The van der Waals surface area contributed by atoms with Gasteiger partial charge in [0.2, 0.25) is 0 Å². The molecule has 0 aliphatic heterocycles. The molecule has 148 valence electrons. The number of rotatable bonds is 6. The van der Waals surface area contributed by atoms with Crippen molar-refractivity contribution in [2.75, 3.05) is 17.7 Å². The first-order valence-corrected chi connectivity index (χ1v) is 8.86. The lowest BCUT2D eigenvalue weighted by Gasteiger charge is -2.14. The lowest BCUT2D eigenvalue weighted by atomic mass is 10.1. The molecule has 2 N–H and O–H groups in total. The Labute approximate surface area is 166 Å². The molecule has 0 saturated carbocycles. The van der Waals surface area contributed by atoms with Gasteiger partial charge >= 0.3 is 5.97 Å². The van der Waals surface area contributed by atoms with Gasteiger partial charge in [0.1, 0.15) is 5.69 Å². The van der Waals surface area contributed by atoms with Crippen molar-refractivity contribution in [3.63, 3.8) is 0 Å². The van der Waals surface area contributed by atoms with Gasteiger partial charge in [-0.3, -0.25) is 14.9 Å². The number of nitrogens with one attached hydrogen (secondary N) is 2. The second kappa shape index (κ2) is 8.39. The third-order valence-corrected chi connectivity index (χ3v) is 4.37. The molecule has 3 aromatic rings. The van der Waals surface area contributed by atoms with Gasteiger partial charge in [-0.2, -0.15) is 0 Å². The smallest absolute Gasteiger partial charge is 0.339 e. The number of hydrogen-bond donors (Lipinski definition) is 2. The van der Waals surface area contributed by atoms with Crippen molar-refractivity contribution in [2.24, 2.45) is 0 Å². The minimum atomic E-state index is -1.09. The zero-order chi connectivity index (χ0) is 21.0. The maximum Gasteiger partial charge on any atom is 0.339 e. The number of anilines is 2. The maximum atomic E-state index is 12.4. The first-order valence-electron chi connectivity index (χ1n) is 8.86. The Morgan fingerprint density at radius 1 is 1.03 bits per heavy atom. The Balaban J connectivity index is 1.69. The van der Waals surface area contributed by atoms with Crippen LogP contribution in [0.1, 0.15) is 17.3 Å². The molecule has 0 bridgehead atoms. The summed E-state index contributed by atoms with van der Waals surface area (Å²) in [6.07, 6.45) is -1.09. The van der Waals surface area contributed by atoms with Gasteiger partial charge in [0, 0.05) is 18.8 Å². The van der Waals surface area contributed by atoms with E-state index in [0.717, 1.165) is 16.8 Å². The highest BCUT2D eigenvalue weighted by Crippen LogP contribution is 2.25. The quantitative estimate of drug-likeness (QED) is 0.372. The molecule has 3 aromatic carbocycles. The topological polar surface area (TPSA) is 111 Å². The number of ether oxygens (including phenoxy) is 1. The van der Waals surface area contributed by atoms with Crippen LogP contribution in [0.5, 0.6) is 0 Å². The molecule has 3 rings (SSSR count). The van der Waals surface area contributed by atoms with Gasteiger partial charge in [0.25, 0.3) is 11.6 Å². The molecule has 0 aliphatic carbocycles. The van der Waals surface area contributed by atoms with Gasteiger partial charge < -0.3 is 15.4 Å². The van der Waals surface area contributed by atoms with Gasteiger partial charge in [-0.25, -0.2) is 4.79 Å². The highest BCUT2D eigenvalue weighted by Gasteiger charge is 2.22. The molecule has 0 heterocycles. The highest BCUT2D eigenvalue weighted by molar-refractivity contribution is 5.99. The van der Waals surface area contributed by atoms with Crippen molar-refractivity contribution in [1.29, 1.82) is 0 Å². The number of carbonyl (C=O) groups excluding carboxylic acids is 2. The van der Waals surface area contributed by atoms with Crippen LogP contribution in [0.25, 0.3) is 10.8 Å². The number of amides is 1. The second-order valence-electron chi connectivity index (χ2n) is 6.34. The van der Waals surface area contributed by atoms with Crippen LogP contribution in [0, 0.1) is 10.1 Å². The van der Waals surface area contributed by atoms with E-state index >= 15 is 0 Å². The number of esters is 1. The molecule has 29 heavy (non-hydrogen) atoms. The molecule has 8 heteroatoms. The molecule has 1 amide bonds. The molecule has 0 spiro atoms. The number of nitrogens with zero attached hydrogens (tertiary/aromatic N) is 1. The number of hydrogen-bond acceptors (Lipinski definition) is 6. The van der Waals surface area contributed by atoms with Crippen LogP contribution in [0.3, 0.4) is 0 Å². The van der Waals surface area contributed by atoms with Crippen molar-refractivity contribution in [3.8, 4) is 0 Å². The standard InChI is InChI=1S/C21H19N3O5/c1-13(20(25)23-17-9-7-14-5-3-4-6-15(14)11-17)29-21(26)16-8-10-18(22-2)19(12-16)24(27)28/h3-13,22H,1-2H3,(H,23,25)/t13-/m1/s1. The Hall–Kier alpha value is -3.94. The zero-order valence-electron chi connectivity index (χ0n) is 15.8. The Kier molecular flexibility index (Phi) is 5.73. The number of benzene rings is 3. The third-order valence-electron chi connectivity index (χ3n) is 4.37. The van der Waals surface area contributed by atoms with Crippen LogP contribution in [-0.4, -0.2) is 30.0 Å². The molecular weight excluding hydrogens is 374 g/mol. The van der Waals surface area contributed by atoms with E-state index in [4.69, 9.17) is 4.74 Å². The normalized spacial score (nSPS) is 11.5. The van der Waals surface area contributed by atoms with E-state index in [0.29, 0.717) is 5.69 Å². The largest absolute Gasteiger partial charge is 0.449 e. The predicted molar refractivity (Wildman–Crippen MR) is 110 cm³/mol. The summed E-state index contributed by atoms with van der Waals surface area (Å²) >= 11 is 0. The van der Waals surface area contributed by atoms with Crippen molar-refractivity contribution in [2.45, 2.75) is 13.0 Å². The summed E-state index contributed by atoms with van der Waals surface area (Å²) in [4.78, 5) is 35.2. The van der Waals surface area contributed by atoms with E-state index in [1.165, 1.54) is 19.1 Å². The minimum absolute atomic E-state index is 0.0129. The molecule has 0 aromatic heterocycles. The molecule has 0 fully saturated rings. The second-order valence-corrected chi connectivity index (χ2v) is 6.34. The Morgan fingerprint density at radius 2 is 1.76 bits per heavy atom. The summed E-state index contributed by atoms with van der Waals surface area (Å²) in [5.41, 5.74) is 0.579. The number of carbonyl (C=O) groups is 2. The van der Waals surface area contributed by atoms with E-state index in [1.807, 2.05) is 36.4 Å². The summed E-state index contributed by atoms with van der Waals surface area (Å²) < 4.78 is 5.17. The monoisotopic (exact) mass is 393 g/mol. The number of nitro benzene ring substituents is 1. The van der Waals surface area contributed by atoms with E-state index in [9.17, 15) is 19.7 Å². The summed E-state index contributed by atoms with van der Waals surface area (Å²) in [5, 5.41) is 18.5. The van der Waals surface area contributed by atoms with Crippen LogP contribution in [0.15, 0.2) is 60.7 Å². The summed E-state index contributed by atoms with van der Waals surface area (Å²) in [6.45, 7) is 1.44. The van der Waals surface area contributed by atoms with Gasteiger partial charge in [0.05, 0.1) is 10.5 Å². The fourth-order valence-corrected chi connectivity index (χ4v) is 2.81. The average Bonchev–Trinajstić information content (AvgIpc) is 2.72. The van der Waals surface area contributed by atoms with Gasteiger partial charge in [-0.05, 0) is 42.0 Å². The predicted octanol–water partition coefficient (Wildman–Crippen LogP) is 3.97. The zero-order valence-corrected chi connectivity index (χ0v) is 15.8. The fraction of sp³-hybridized carbons (Fsp3) is 0.143. The van der Waals surface area contributed by atoms with E-state index in [2.05, 4.69) is 10.6 Å². The van der Waals surface area contributed by atoms with Gasteiger partial charge in [0.15, 0.2) is 6.10 Å². The van der Waals surface area contributed by atoms with Gasteiger partial charge in [-0.1, -0.05) is 30.3 Å². The highest BCUT2D eigenvalue weighted by atomic mass is 16.6. The van der Waals surface area contributed by atoms with Gasteiger partial charge in [-0.15, -0.1) is 0 Å². The summed E-state index contributed by atoms with van der Waals surface area (Å²) in [5.74, 6) is -1.33. The third kappa shape index (κ3) is 4.49. The molecular formula is C21H19N3O5. The number of nitro groups is 1. The van der Waals surface area contributed by atoms with E-state index in [1.54, 1.807) is 13.1 Å². The molecule has 0 radical (unpaired) electrons. The minimum Gasteiger partial charge on any atom is -0.449 e. The van der Waals surface area contributed by atoms with Crippen molar-refractivity contribution in [1.82, 2.24) is 0 Å². The Morgan fingerprint density at radius 3 is 2.45 bits per heavy atom. The van der Waals surface area contributed by atoms with Crippen LogP contribution in [-0.2, 0) is 9.53 Å². The number of fused-ring (bicyclic) bond motifs is 1. The van der Waals surface area contributed by atoms with E-state index in [-0.39, 0.29) is 16.9 Å². The molecule has 1 atom stereocenters. The lowest BCUT2D eigenvalue weighted by Crippen LogP contribution is -2.30. The average molecular weight is 393 g/mol.